The molecule has 29 heavy (non-hydrogen) atoms. The standard InChI is InChI=1S/C23H28FN3O2/c1-2-10-26-11-12-27(22(28)15-25)16-19(23(26)29)14-17-6-5-7-18(13-17)20-8-3-4-9-21(20)24/h3-9,13,19H,2,10-12,14-16,25H2,1H3/t19-/m0/s1. The lowest BCUT2D eigenvalue weighted by Crippen LogP contribution is -2.40. The van der Waals surface area contributed by atoms with Gasteiger partial charge in [0.15, 0.2) is 0 Å². The summed E-state index contributed by atoms with van der Waals surface area (Å²) in [5, 5.41) is 0. The van der Waals surface area contributed by atoms with Crippen LogP contribution in [-0.2, 0) is 16.0 Å². The molecule has 0 aliphatic carbocycles. The van der Waals surface area contributed by atoms with Gasteiger partial charge in [-0.05, 0) is 30.0 Å². The van der Waals surface area contributed by atoms with E-state index in [1.165, 1.54) is 6.07 Å². The molecule has 0 bridgehead atoms. The van der Waals surface area contributed by atoms with Crippen LogP contribution in [-0.4, -0.2) is 54.3 Å². The number of halogens is 1. The summed E-state index contributed by atoms with van der Waals surface area (Å²) < 4.78 is 14.2. The van der Waals surface area contributed by atoms with E-state index in [4.69, 9.17) is 5.73 Å². The van der Waals surface area contributed by atoms with Crippen LogP contribution in [0.5, 0.6) is 0 Å². The molecule has 1 atom stereocenters. The topological polar surface area (TPSA) is 66.6 Å². The Bertz CT molecular complexity index is 871. The maximum atomic E-state index is 14.2. The normalized spacial score (nSPS) is 17.3. The van der Waals surface area contributed by atoms with Crippen molar-refractivity contribution < 1.29 is 14.0 Å². The number of hydrogen-bond acceptors (Lipinski definition) is 3. The van der Waals surface area contributed by atoms with Crippen molar-refractivity contribution in [1.29, 1.82) is 0 Å². The summed E-state index contributed by atoms with van der Waals surface area (Å²) in [6.07, 6.45) is 1.36. The molecule has 1 saturated heterocycles. The highest BCUT2D eigenvalue weighted by Gasteiger charge is 2.31. The Morgan fingerprint density at radius 3 is 2.69 bits per heavy atom. The molecule has 0 saturated carbocycles. The largest absolute Gasteiger partial charge is 0.341 e. The van der Waals surface area contributed by atoms with E-state index >= 15 is 0 Å². The van der Waals surface area contributed by atoms with Gasteiger partial charge in [-0.25, -0.2) is 4.39 Å². The first-order valence-electron chi connectivity index (χ1n) is 10.1. The molecule has 1 aliphatic rings. The summed E-state index contributed by atoms with van der Waals surface area (Å²) in [5.41, 5.74) is 7.82. The summed E-state index contributed by atoms with van der Waals surface area (Å²) >= 11 is 0. The molecule has 5 nitrogen and oxygen atoms in total. The average Bonchev–Trinajstić information content (AvgIpc) is 2.88. The molecule has 2 aromatic carbocycles. The zero-order valence-electron chi connectivity index (χ0n) is 16.8. The lowest BCUT2D eigenvalue weighted by molar-refractivity contribution is -0.134. The smallest absolute Gasteiger partial charge is 0.236 e. The Kier molecular flexibility index (Phi) is 6.99. The van der Waals surface area contributed by atoms with Crippen LogP contribution in [0, 0.1) is 11.7 Å². The van der Waals surface area contributed by atoms with Gasteiger partial charge in [-0.1, -0.05) is 49.4 Å². The van der Waals surface area contributed by atoms with Crippen molar-refractivity contribution >= 4 is 11.8 Å². The number of hydrogen-bond donors (Lipinski definition) is 1. The van der Waals surface area contributed by atoms with Crippen molar-refractivity contribution in [2.75, 3.05) is 32.7 Å². The van der Waals surface area contributed by atoms with Gasteiger partial charge in [-0.2, -0.15) is 0 Å². The van der Waals surface area contributed by atoms with E-state index in [0.29, 0.717) is 38.2 Å². The van der Waals surface area contributed by atoms with Crippen LogP contribution in [0.1, 0.15) is 18.9 Å². The minimum atomic E-state index is -0.338. The van der Waals surface area contributed by atoms with Gasteiger partial charge in [0.1, 0.15) is 5.82 Å². The summed E-state index contributed by atoms with van der Waals surface area (Å²) in [4.78, 5) is 28.8. The number of rotatable bonds is 6. The Hall–Kier alpha value is -2.73. The molecule has 3 rings (SSSR count). The third kappa shape index (κ3) is 5.01. The predicted molar refractivity (Wildman–Crippen MR) is 112 cm³/mol. The summed E-state index contributed by atoms with van der Waals surface area (Å²) in [6, 6.07) is 14.3. The van der Waals surface area contributed by atoms with Gasteiger partial charge in [0.25, 0.3) is 0 Å². The molecule has 2 aromatic rings. The van der Waals surface area contributed by atoms with E-state index in [2.05, 4.69) is 0 Å². The molecular formula is C23H28FN3O2. The van der Waals surface area contributed by atoms with Crippen molar-refractivity contribution in [3.05, 3.63) is 59.9 Å². The van der Waals surface area contributed by atoms with Crippen LogP contribution in [0.2, 0.25) is 0 Å². The average molecular weight is 397 g/mol. The van der Waals surface area contributed by atoms with Crippen molar-refractivity contribution in [3.8, 4) is 11.1 Å². The van der Waals surface area contributed by atoms with Gasteiger partial charge in [0.2, 0.25) is 11.8 Å². The second kappa shape index (κ2) is 9.65. The molecule has 6 heteroatoms. The SMILES string of the molecule is CCCN1CCN(C(=O)CN)C[C@H](Cc2cccc(-c3ccccc3F)c2)C1=O. The molecule has 0 spiro atoms. The van der Waals surface area contributed by atoms with Crippen LogP contribution in [0.4, 0.5) is 4.39 Å². The minimum Gasteiger partial charge on any atom is -0.341 e. The third-order valence-electron chi connectivity index (χ3n) is 5.36. The Labute approximate surface area is 171 Å². The zero-order valence-corrected chi connectivity index (χ0v) is 16.8. The van der Waals surface area contributed by atoms with E-state index in [0.717, 1.165) is 17.5 Å². The van der Waals surface area contributed by atoms with E-state index in [9.17, 15) is 14.0 Å². The molecule has 1 aliphatic heterocycles. The number of nitrogens with zero attached hydrogens (tertiary/aromatic N) is 2. The molecular weight excluding hydrogens is 369 g/mol. The molecule has 2 N–H and O–H groups in total. The number of carbonyl (C=O) groups is 2. The van der Waals surface area contributed by atoms with Crippen LogP contribution < -0.4 is 5.73 Å². The van der Waals surface area contributed by atoms with Gasteiger partial charge in [-0.3, -0.25) is 9.59 Å². The quantitative estimate of drug-likeness (QED) is 0.815. The van der Waals surface area contributed by atoms with Crippen LogP contribution in [0.15, 0.2) is 48.5 Å². The van der Waals surface area contributed by atoms with Crippen LogP contribution in [0.25, 0.3) is 11.1 Å². The van der Waals surface area contributed by atoms with Gasteiger partial charge >= 0.3 is 0 Å². The Morgan fingerprint density at radius 1 is 1.17 bits per heavy atom. The van der Waals surface area contributed by atoms with Gasteiger partial charge in [0.05, 0.1) is 12.5 Å². The van der Waals surface area contributed by atoms with Gasteiger partial charge in [0, 0.05) is 31.7 Å². The van der Waals surface area contributed by atoms with E-state index in [-0.39, 0.29) is 30.1 Å². The van der Waals surface area contributed by atoms with E-state index in [1.807, 2.05) is 36.1 Å². The predicted octanol–water partition coefficient (Wildman–Crippen LogP) is 2.69. The van der Waals surface area contributed by atoms with E-state index in [1.54, 1.807) is 23.1 Å². The minimum absolute atomic E-state index is 0.0581. The molecule has 0 aromatic heterocycles. The van der Waals surface area contributed by atoms with Gasteiger partial charge in [-0.15, -0.1) is 0 Å². The highest BCUT2D eigenvalue weighted by atomic mass is 19.1. The van der Waals surface area contributed by atoms with Crippen LogP contribution in [0.3, 0.4) is 0 Å². The first-order chi connectivity index (χ1) is 14.0. The van der Waals surface area contributed by atoms with Gasteiger partial charge < -0.3 is 15.5 Å². The number of amides is 2. The molecule has 2 amide bonds. The fraction of sp³-hybridized carbons (Fsp3) is 0.391. The maximum absolute atomic E-state index is 14.2. The zero-order chi connectivity index (χ0) is 20.8. The monoisotopic (exact) mass is 397 g/mol. The van der Waals surface area contributed by atoms with Crippen LogP contribution >= 0.6 is 0 Å². The fourth-order valence-corrected chi connectivity index (χ4v) is 3.89. The second-order valence-corrected chi connectivity index (χ2v) is 7.45. The number of nitrogens with two attached hydrogens (primary N) is 1. The first kappa shape index (κ1) is 21.0. The third-order valence-corrected chi connectivity index (χ3v) is 5.36. The highest BCUT2D eigenvalue weighted by Crippen LogP contribution is 2.25. The molecule has 1 heterocycles. The first-order valence-corrected chi connectivity index (χ1v) is 10.1. The number of carbonyl (C=O) groups excluding carboxylic acids is 2. The molecule has 154 valence electrons. The maximum Gasteiger partial charge on any atom is 0.236 e. The number of benzene rings is 2. The Morgan fingerprint density at radius 2 is 1.97 bits per heavy atom. The molecule has 0 unspecified atom stereocenters. The molecule has 0 radical (unpaired) electrons. The van der Waals surface area contributed by atoms with Crippen molar-refractivity contribution in [3.63, 3.8) is 0 Å². The van der Waals surface area contributed by atoms with Crippen molar-refractivity contribution in [2.24, 2.45) is 11.7 Å². The summed E-state index contributed by atoms with van der Waals surface area (Å²) in [5.74, 6) is -0.684. The van der Waals surface area contributed by atoms with Crippen molar-refractivity contribution in [2.45, 2.75) is 19.8 Å². The van der Waals surface area contributed by atoms with E-state index < -0.39 is 0 Å². The second-order valence-electron chi connectivity index (χ2n) is 7.45. The molecule has 1 fully saturated rings. The highest BCUT2D eigenvalue weighted by molar-refractivity contribution is 5.83. The summed E-state index contributed by atoms with van der Waals surface area (Å²) in [7, 11) is 0. The Balaban J connectivity index is 1.85. The lowest BCUT2D eigenvalue weighted by Gasteiger charge is -2.24. The fourth-order valence-electron chi connectivity index (χ4n) is 3.89. The summed E-state index contributed by atoms with van der Waals surface area (Å²) in [6.45, 7) is 4.05. The van der Waals surface area contributed by atoms with Crippen molar-refractivity contribution in [1.82, 2.24) is 9.80 Å². The lowest BCUT2D eigenvalue weighted by atomic mass is 9.94.